The van der Waals surface area contributed by atoms with Crippen molar-refractivity contribution in [2.75, 3.05) is 0 Å². The molecule has 0 aromatic carbocycles. The average molecular weight is 221 g/mol. The third-order valence-electron chi connectivity index (χ3n) is 2.23. The van der Waals surface area contributed by atoms with Crippen molar-refractivity contribution in [2.24, 2.45) is 11.8 Å². The normalized spacial score (nSPS) is 19.4. The lowest BCUT2D eigenvalue weighted by Crippen LogP contribution is -2.06. The molecule has 0 aliphatic rings. The van der Waals surface area contributed by atoms with Crippen LogP contribution in [0.1, 0.15) is 47.0 Å². The van der Waals surface area contributed by atoms with Crippen LogP contribution in [0, 0.1) is 11.8 Å². The average Bonchev–Trinajstić information content (AvgIpc) is 1.85. The molecule has 0 radical (unpaired) electrons. The molecule has 0 aliphatic carbocycles. The van der Waals surface area contributed by atoms with Crippen molar-refractivity contribution in [3.8, 4) is 0 Å². The Labute approximate surface area is 79.9 Å². The van der Waals surface area contributed by atoms with E-state index in [9.17, 15) is 0 Å². The minimum Gasteiger partial charge on any atom is -0.0894 e. The van der Waals surface area contributed by atoms with Crippen LogP contribution in [0.3, 0.4) is 0 Å². The van der Waals surface area contributed by atoms with Gasteiger partial charge in [0.25, 0.3) is 0 Å². The fraction of sp³-hybridized carbons (Fsp3) is 1.00. The molecule has 3 unspecified atom stereocenters. The molecule has 0 heterocycles. The lowest BCUT2D eigenvalue weighted by molar-refractivity contribution is 0.388. The monoisotopic (exact) mass is 220 g/mol. The van der Waals surface area contributed by atoms with Gasteiger partial charge in [0.15, 0.2) is 0 Å². The molecule has 0 aromatic rings. The molecule has 0 nitrogen and oxygen atoms in total. The third-order valence-corrected chi connectivity index (χ3v) is 2.60. The minimum absolute atomic E-state index is 0.682. The van der Waals surface area contributed by atoms with E-state index in [1.165, 1.54) is 19.3 Å². The van der Waals surface area contributed by atoms with E-state index in [2.05, 4.69) is 43.6 Å². The summed E-state index contributed by atoms with van der Waals surface area (Å²) in [5, 5.41) is 0. The highest BCUT2D eigenvalue weighted by molar-refractivity contribution is 9.09. The van der Waals surface area contributed by atoms with E-state index in [0.29, 0.717) is 4.83 Å². The maximum Gasteiger partial charge on any atom is 0.0120 e. The van der Waals surface area contributed by atoms with Crippen LogP contribution in [0.25, 0.3) is 0 Å². The number of halogens is 1. The van der Waals surface area contributed by atoms with Crippen molar-refractivity contribution in [1.29, 1.82) is 0 Å². The molecule has 0 rings (SSSR count). The Balaban J connectivity index is 3.43. The summed E-state index contributed by atoms with van der Waals surface area (Å²) in [4.78, 5) is 0.682. The van der Waals surface area contributed by atoms with Gasteiger partial charge in [0.05, 0.1) is 0 Å². The van der Waals surface area contributed by atoms with Gasteiger partial charge >= 0.3 is 0 Å². The van der Waals surface area contributed by atoms with E-state index in [4.69, 9.17) is 0 Å². The Morgan fingerprint density at radius 1 is 1.00 bits per heavy atom. The molecule has 0 saturated carbocycles. The predicted octanol–water partition coefficient (Wildman–Crippen LogP) is 4.23. The summed E-state index contributed by atoms with van der Waals surface area (Å²) in [7, 11) is 0. The van der Waals surface area contributed by atoms with Gasteiger partial charge in [0.2, 0.25) is 0 Å². The highest BCUT2D eigenvalue weighted by Crippen LogP contribution is 2.21. The summed E-state index contributed by atoms with van der Waals surface area (Å²) in [5.41, 5.74) is 0. The fourth-order valence-electron chi connectivity index (χ4n) is 1.50. The minimum atomic E-state index is 0.682. The molecule has 0 aliphatic heterocycles. The molecule has 0 N–H and O–H groups in total. The Kier molecular flexibility index (Phi) is 6.31. The summed E-state index contributed by atoms with van der Waals surface area (Å²) >= 11 is 3.59. The Morgan fingerprint density at radius 2 is 1.55 bits per heavy atom. The topological polar surface area (TPSA) is 0 Å². The number of hydrogen-bond donors (Lipinski definition) is 0. The van der Waals surface area contributed by atoms with Crippen LogP contribution in [0.2, 0.25) is 0 Å². The van der Waals surface area contributed by atoms with E-state index in [1.807, 2.05) is 0 Å². The number of alkyl halides is 1. The Bertz CT molecular complexity index is 88.9. The summed E-state index contributed by atoms with van der Waals surface area (Å²) in [6.07, 6.45) is 4.01. The van der Waals surface area contributed by atoms with Gasteiger partial charge in [-0.2, -0.15) is 0 Å². The van der Waals surface area contributed by atoms with E-state index < -0.39 is 0 Å². The molecule has 0 fully saturated rings. The fourth-order valence-corrected chi connectivity index (χ4v) is 2.14. The van der Waals surface area contributed by atoms with Gasteiger partial charge in [-0.05, 0) is 24.7 Å². The summed E-state index contributed by atoms with van der Waals surface area (Å²) < 4.78 is 0. The molecule has 11 heavy (non-hydrogen) atoms. The van der Waals surface area contributed by atoms with Gasteiger partial charge in [-0.3, -0.25) is 0 Å². The molecular formula is C10H21Br. The van der Waals surface area contributed by atoms with Crippen LogP contribution in [0.4, 0.5) is 0 Å². The second-order valence-electron chi connectivity index (χ2n) is 3.87. The number of hydrogen-bond acceptors (Lipinski definition) is 0. The van der Waals surface area contributed by atoms with Crippen LogP contribution >= 0.6 is 15.9 Å². The highest BCUT2D eigenvalue weighted by atomic mass is 79.9. The van der Waals surface area contributed by atoms with E-state index in [-0.39, 0.29) is 0 Å². The van der Waals surface area contributed by atoms with Crippen molar-refractivity contribution in [3.05, 3.63) is 0 Å². The van der Waals surface area contributed by atoms with Gasteiger partial charge < -0.3 is 0 Å². The van der Waals surface area contributed by atoms with Crippen molar-refractivity contribution >= 4 is 15.9 Å². The van der Waals surface area contributed by atoms with Gasteiger partial charge in [0.1, 0.15) is 0 Å². The molecule has 0 spiro atoms. The van der Waals surface area contributed by atoms with E-state index in [0.717, 1.165) is 11.8 Å². The smallest absolute Gasteiger partial charge is 0.0120 e. The molecule has 0 amide bonds. The zero-order valence-electron chi connectivity index (χ0n) is 8.23. The van der Waals surface area contributed by atoms with Crippen LogP contribution in [0.5, 0.6) is 0 Å². The van der Waals surface area contributed by atoms with Crippen molar-refractivity contribution in [3.63, 3.8) is 0 Å². The summed E-state index contributed by atoms with van der Waals surface area (Å²) in [6.45, 7) is 9.20. The lowest BCUT2D eigenvalue weighted by atomic mass is 9.92. The predicted molar refractivity (Wildman–Crippen MR) is 56.2 cm³/mol. The quantitative estimate of drug-likeness (QED) is 0.609. The van der Waals surface area contributed by atoms with Crippen molar-refractivity contribution < 1.29 is 0 Å². The maximum absolute atomic E-state index is 3.59. The first-order valence-electron chi connectivity index (χ1n) is 4.70. The first-order valence-corrected chi connectivity index (χ1v) is 5.61. The van der Waals surface area contributed by atoms with Crippen molar-refractivity contribution in [1.82, 2.24) is 0 Å². The van der Waals surface area contributed by atoms with Crippen LogP contribution in [-0.4, -0.2) is 4.83 Å². The maximum atomic E-state index is 3.59. The summed E-state index contributed by atoms with van der Waals surface area (Å²) in [6, 6.07) is 0. The Morgan fingerprint density at radius 3 is 1.91 bits per heavy atom. The zero-order chi connectivity index (χ0) is 8.85. The largest absolute Gasteiger partial charge is 0.0894 e. The SMILES string of the molecule is CCC(C)CC(C)CC(C)Br. The molecule has 0 saturated heterocycles. The second-order valence-corrected chi connectivity index (χ2v) is 5.43. The first-order chi connectivity index (χ1) is 5.06. The van der Waals surface area contributed by atoms with Crippen LogP contribution < -0.4 is 0 Å². The summed E-state index contributed by atoms with van der Waals surface area (Å²) in [5.74, 6) is 1.77. The van der Waals surface area contributed by atoms with Crippen LogP contribution in [0.15, 0.2) is 0 Å². The molecule has 0 bridgehead atoms. The molecule has 1 heteroatoms. The third kappa shape index (κ3) is 6.86. The van der Waals surface area contributed by atoms with Gasteiger partial charge in [-0.25, -0.2) is 0 Å². The van der Waals surface area contributed by atoms with Gasteiger partial charge in [-0.1, -0.05) is 50.0 Å². The van der Waals surface area contributed by atoms with E-state index >= 15 is 0 Å². The standard InChI is InChI=1S/C10H21Br/c1-5-8(2)6-9(3)7-10(4)11/h8-10H,5-7H2,1-4H3. The second kappa shape index (κ2) is 6.05. The molecular weight excluding hydrogens is 200 g/mol. The van der Waals surface area contributed by atoms with E-state index in [1.54, 1.807) is 0 Å². The molecule has 68 valence electrons. The first kappa shape index (κ1) is 11.5. The number of rotatable bonds is 5. The van der Waals surface area contributed by atoms with Gasteiger partial charge in [0, 0.05) is 4.83 Å². The molecule has 3 atom stereocenters. The zero-order valence-corrected chi connectivity index (χ0v) is 9.82. The van der Waals surface area contributed by atoms with Gasteiger partial charge in [-0.15, -0.1) is 0 Å². The van der Waals surface area contributed by atoms with Crippen molar-refractivity contribution in [2.45, 2.75) is 51.8 Å². The molecule has 0 aromatic heterocycles. The van der Waals surface area contributed by atoms with Crippen LogP contribution in [-0.2, 0) is 0 Å². The highest BCUT2D eigenvalue weighted by Gasteiger charge is 2.09. The lowest BCUT2D eigenvalue weighted by Gasteiger charge is -2.16. The Hall–Kier alpha value is 0.480.